The fourth-order valence-electron chi connectivity index (χ4n) is 1.07. The quantitative estimate of drug-likeness (QED) is 0.745. The smallest absolute Gasteiger partial charge is 0.115 e. The van der Waals surface area contributed by atoms with Gasteiger partial charge in [-0.2, -0.15) is 0 Å². The first-order valence-electron chi connectivity index (χ1n) is 4.49. The van der Waals surface area contributed by atoms with Gasteiger partial charge in [0.1, 0.15) is 5.75 Å². The Hall–Kier alpha value is -1.44. The van der Waals surface area contributed by atoms with Gasteiger partial charge in [0, 0.05) is 5.70 Å². The van der Waals surface area contributed by atoms with E-state index in [1.165, 1.54) is 0 Å². The van der Waals surface area contributed by atoms with Crippen LogP contribution >= 0.6 is 0 Å². The number of rotatable bonds is 3. The maximum atomic E-state index is 9.05. The molecular formula is C11H15NO. The molecule has 2 heteroatoms. The summed E-state index contributed by atoms with van der Waals surface area (Å²) >= 11 is 0. The number of hydrogen-bond donors (Lipinski definition) is 2. The minimum atomic E-state index is 0.270. The molecule has 1 aromatic rings. The van der Waals surface area contributed by atoms with Crippen LogP contribution in [0.4, 0.5) is 0 Å². The molecule has 0 amide bonds. The Labute approximate surface area is 78.7 Å². The van der Waals surface area contributed by atoms with Crippen LogP contribution in [-0.4, -0.2) is 5.11 Å². The summed E-state index contributed by atoms with van der Waals surface area (Å²) in [5.74, 6) is 0.270. The predicted molar refractivity (Wildman–Crippen MR) is 55.2 cm³/mol. The lowest BCUT2D eigenvalue weighted by Gasteiger charge is -2.01. The second kappa shape index (κ2) is 4.55. The van der Waals surface area contributed by atoms with Gasteiger partial charge < -0.3 is 10.8 Å². The van der Waals surface area contributed by atoms with E-state index in [1.807, 2.05) is 18.2 Å². The van der Waals surface area contributed by atoms with Gasteiger partial charge in [-0.05, 0) is 36.2 Å². The molecule has 0 saturated carbocycles. The van der Waals surface area contributed by atoms with Gasteiger partial charge in [-0.25, -0.2) is 0 Å². The molecule has 0 unspecified atom stereocenters. The maximum absolute atomic E-state index is 9.05. The fourth-order valence-corrected chi connectivity index (χ4v) is 1.07. The molecule has 0 radical (unpaired) electrons. The van der Waals surface area contributed by atoms with Crippen LogP contribution in [0.2, 0.25) is 0 Å². The number of phenolic OH excluding ortho intramolecular Hbond substituents is 1. The molecule has 0 bridgehead atoms. The Morgan fingerprint density at radius 2 is 2.00 bits per heavy atom. The van der Waals surface area contributed by atoms with Gasteiger partial charge in [-0.15, -0.1) is 0 Å². The molecule has 0 aromatic heterocycles. The van der Waals surface area contributed by atoms with Crippen LogP contribution < -0.4 is 5.73 Å². The van der Waals surface area contributed by atoms with Crippen LogP contribution in [0.25, 0.3) is 5.70 Å². The molecule has 2 nitrogen and oxygen atoms in total. The van der Waals surface area contributed by atoms with E-state index in [1.54, 1.807) is 12.1 Å². The number of unbranched alkanes of at least 4 members (excludes halogenated alkanes) is 1. The van der Waals surface area contributed by atoms with Crippen molar-refractivity contribution in [1.82, 2.24) is 0 Å². The van der Waals surface area contributed by atoms with Gasteiger partial charge in [0.25, 0.3) is 0 Å². The van der Waals surface area contributed by atoms with Crippen molar-refractivity contribution in [2.75, 3.05) is 0 Å². The molecular weight excluding hydrogens is 162 g/mol. The maximum Gasteiger partial charge on any atom is 0.115 e. The van der Waals surface area contributed by atoms with Gasteiger partial charge in [0.05, 0.1) is 0 Å². The van der Waals surface area contributed by atoms with Gasteiger partial charge in [-0.3, -0.25) is 0 Å². The van der Waals surface area contributed by atoms with Crippen molar-refractivity contribution >= 4 is 5.70 Å². The first kappa shape index (κ1) is 9.65. The molecule has 0 fully saturated rings. The topological polar surface area (TPSA) is 46.2 Å². The normalized spacial score (nSPS) is 11.6. The molecule has 3 N–H and O–H groups in total. The van der Waals surface area contributed by atoms with Crippen LogP contribution in [0.5, 0.6) is 5.75 Å². The SMILES string of the molecule is CCC/C=C(\N)c1ccc(O)cc1. The van der Waals surface area contributed by atoms with Gasteiger partial charge in [-0.1, -0.05) is 19.4 Å². The van der Waals surface area contributed by atoms with Crippen molar-refractivity contribution in [2.45, 2.75) is 19.8 Å². The Morgan fingerprint density at radius 3 is 2.54 bits per heavy atom. The first-order valence-corrected chi connectivity index (χ1v) is 4.49. The molecule has 0 heterocycles. The Balaban J connectivity index is 2.77. The van der Waals surface area contributed by atoms with Crippen LogP contribution in [0.1, 0.15) is 25.3 Å². The lowest BCUT2D eigenvalue weighted by Crippen LogP contribution is -1.95. The Bertz CT molecular complexity index is 287. The average Bonchev–Trinajstić information content (AvgIpc) is 2.15. The summed E-state index contributed by atoms with van der Waals surface area (Å²) in [6.07, 6.45) is 4.10. The molecule has 0 saturated heterocycles. The highest BCUT2D eigenvalue weighted by atomic mass is 16.3. The van der Waals surface area contributed by atoms with Crippen molar-refractivity contribution in [2.24, 2.45) is 5.73 Å². The average molecular weight is 177 g/mol. The minimum Gasteiger partial charge on any atom is -0.508 e. The minimum absolute atomic E-state index is 0.270. The van der Waals surface area contributed by atoms with Crippen molar-refractivity contribution in [3.8, 4) is 5.75 Å². The zero-order chi connectivity index (χ0) is 9.68. The third-order valence-electron chi connectivity index (χ3n) is 1.85. The predicted octanol–water partition coefficient (Wildman–Crippen LogP) is 2.49. The highest BCUT2D eigenvalue weighted by Gasteiger charge is 1.94. The molecule has 0 aliphatic heterocycles. The largest absolute Gasteiger partial charge is 0.508 e. The van der Waals surface area contributed by atoms with Crippen molar-refractivity contribution < 1.29 is 5.11 Å². The number of aromatic hydroxyl groups is 1. The number of allylic oxidation sites excluding steroid dienone is 1. The van der Waals surface area contributed by atoms with Crippen LogP contribution in [0.3, 0.4) is 0 Å². The lowest BCUT2D eigenvalue weighted by atomic mass is 10.1. The number of nitrogens with two attached hydrogens (primary N) is 1. The van der Waals surface area contributed by atoms with E-state index in [9.17, 15) is 0 Å². The summed E-state index contributed by atoms with van der Waals surface area (Å²) in [7, 11) is 0. The zero-order valence-electron chi connectivity index (χ0n) is 7.83. The summed E-state index contributed by atoms with van der Waals surface area (Å²) in [6.45, 7) is 2.11. The summed E-state index contributed by atoms with van der Waals surface area (Å²) in [4.78, 5) is 0. The lowest BCUT2D eigenvalue weighted by molar-refractivity contribution is 0.475. The highest BCUT2D eigenvalue weighted by Crippen LogP contribution is 2.14. The standard InChI is InChI=1S/C11H15NO/c1-2-3-4-11(12)9-5-7-10(13)8-6-9/h4-8,13H,2-3,12H2,1H3/b11-4-. The second-order valence-corrected chi connectivity index (χ2v) is 3.00. The van der Waals surface area contributed by atoms with Crippen LogP contribution in [0, 0.1) is 0 Å². The number of hydrogen-bond acceptors (Lipinski definition) is 2. The fraction of sp³-hybridized carbons (Fsp3) is 0.273. The number of phenols is 1. The molecule has 70 valence electrons. The van der Waals surface area contributed by atoms with Crippen LogP contribution in [0.15, 0.2) is 30.3 Å². The monoisotopic (exact) mass is 177 g/mol. The molecule has 0 atom stereocenters. The van der Waals surface area contributed by atoms with Crippen molar-refractivity contribution in [1.29, 1.82) is 0 Å². The summed E-state index contributed by atoms with van der Waals surface area (Å²) in [5.41, 5.74) is 7.55. The van der Waals surface area contributed by atoms with E-state index in [4.69, 9.17) is 10.8 Å². The molecule has 0 aliphatic carbocycles. The van der Waals surface area contributed by atoms with E-state index in [0.29, 0.717) is 0 Å². The van der Waals surface area contributed by atoms with E-state index < -0.39 is 0 Å². The third kappa shape index (κ3) is 2.82. The van der Waals surface area contributed by atoms with Gasteiger partial charge in [0.15, 0.2) is 0 Å². The van der Waals surface area contributed by atoms with Gasteiger partial charge >= 0.3 is 0 Å². The van der Waals surface area contributed by atoms with Crippen molar-refractivity contribution in [3.63, 3.8) is 0 Å². The highest BCUT2D eigenvalue weighted by molar-refractivity contribution is 5.62. The molecule has 0 aliphatic rings. The van der Waals surface area contributed by atoms with Gasteiger partial charge in [0.2, 0.25) is 0 Å². The Kier molecular flexibility index (Phi) is 3.38. The van der Waals surface area contributed by atoms with E-state index in [-0.39, 0.29) is 5.75 Å². The van der Waals surface area contributed by atoms with Crippen LogP contribution in [-0.2, 0) is 0 Å². The van der Waals surface area contributed by atoms with E-state index in [2.05, 4.69) is 6.92 Å². The summed E-state index contributed by atoms with van der Waals surface area (Å²) in [6, 6.07) is 6.91. The first-order chi connectivity index (χ1) is 6.24. The molecule has 1 rings (SSSR count). The molecule has 13 heavy (non-hydrogen) atoms. The van der Waals surface area contributed by atoms with Crippen molar-refractivity contribution in [3.05, 3.63) is 35.9 Å². The number of benzene rings is 1. The molecule has 0 spiro atoms. The summed E-state index contributed by atoms with van der Waals surface area (Å²) < 4.78 is 0. The third-order valence-corrected chi connectivity index (χ3v) is 1.85. The van der Waals surface area contributed by atoms with E-state index >= 15 is 0 Å². The summed E-state index contributed by atoms with van der Waals surface area (Å²) in [5, 5.41) is 9.05. The zero-order valence-corrected chi connectivity index (χ0v) is 7.83. The second-order valence-electron chi connectivity index (χ2n) is 3.00. The van der Waals surface area contributed by atoms with E-state index in [0.717, 1.165) is 24.1 Å². The molecule has 1 aromatic carbocycles. The Morgan fingerprint density at radius 1 is 1.38 bits per heavy atom.